The van der Waals surface area contributed by atoms with Gasteiger partial charge in [-0.2, -0.15) is 16.6 Å². The average molecular weight is 363 g/mol. The van der Waals surface area contributed by atoms with E-state index < -0.39 is 5.60 Å². The fourth-order valence-electron chi connectivity index (χ4n) is 3.37. The molecule has 0 bridgehead atoms. The molecule has 0 radical (unpaired) electrons. The summed E-state index contributed by atoms with van der Waals surface area (Å²) in [6, 6.07) is 13.8. The Morgan fingerprint density at radius 1 is 1.31 bits per heavy atom. The first-order valence-corrected chi connectivity index (χ1v) is 9.14. The van der Waals surface area contributed by atoms with Crippen LogP contribution >= 0.6 is 11.3 Å². The number of hydrogen-bond donors (Lipinski definition) is 1. The van der Waals surface area contributed by atoms with E-state index in [0.717, 1.165) is 28.1 Å². The zero-order valence-electron chi connectivity index (χ0n) is 14.4. The molecule has 1 N–H and O–H groups in total. The number of rotatable bonds is 2. The minimum atomic E-state index is -0.728. The second-order valence-electron chi connectivity index (χ2n) is 6.42. The predicted molar refractivity (Wildman–Crippen MR) is 101 cm³/mol. The number of aromatic nitrogens is 1. The first kappa shape index (κ1) is 16.6. The van der Waals surface area contributed by atoms with E-state index >= 15 is 0 Å². The van der Waals surface area contributed by atoms with Crippen molar-refractivity contribution in [1.82, 2.24) is 4.57 Å². The van der Waals surface area contributed by atoms with Gasteiger partial charge in [0.25, 0.3) is 0 Å². The summed E-state index contributed by atoms with van der Waals surface area (Å²) in [5, 5.41) is 16.2. The lowest BCUT2D eigenvalue weighted by molar-refractivity contribution is -0.124. The minimum absolute atomic E-state index is 0.000898. The number of ether oxygens (including phenoxy) is 1. The Morgan fingerprint density at radius 3 is 2.85 bits per heavy atom. The highest BCUT2D eigenvalue weighted by Crippen LogP contribution is 2.42. The molecule has 0 fully saturated rings. The summed E-state index contributed by atoms with van der Waals surface area (Å²) in [4.78, 5) is 12.1. The Balaban J connectivity index is 1.91. The lowest BCUT2D eigenvalue weighted by Crippen LogP contribution is -2.27. The number of fused-ring (bicyclic) bond motifs is 1. The van der Waals surface area contributed by atoms with Crippen LogP contribution in [0.3, 0.4) is 0 Å². The molecule has 4 rings (SSSR count). The molecular weight excluding hydrogens is 346 g/mol. The summed E-state index contributed by atoms with van der Waals surface area (Å²) in [6.07, 6.45) is 0. The van der Waals surface area contributed by atoms with Gasteiger partial charge in [0.15, 0.2) is 0 Å². The number of nitrogens with zero attached hydrogens (tertiary/aromatic N) is 2. The van der Waals surface area contributed by atoms with Gasteiger partial charge in [0.1, 0.15) is 24.0 Å². The van der Waals surface area contributed by atoms with E-state index in [1.54, 1.807) is 17.4 Å². The second-order valence-corrected chi connectivity index (χ2v) is 7.20. The van der Waals surface area contributed by atoms with Crippen molar-refractivity contribution in [1.29, 1.82) is 5.26 Å². The predicted octanol–water partition coefficient (Wildman–Crippen LogP) is 3.86. The molecule has 2 aromatic heterocycles. The Morgan fingerprint density at radius 2 is 2.15 bits per heavy atom. The van der Waals surface area contributed by atoms with Gasteiger partial charge in [0.2, 0.25) is 5.91 Å². The molecule has 1 unspecified atom stereocenters. The topological polar surface area (TPSA) is 67.0 Å². The van der Waals surface area contributed by atoms with Crippen LogP contribution in [0.1, 0.15) is 23.7 Å². The average Bonchev–Trinajstić information content (AvgIpc) is 3.28. The van der Waals surface area contributed by atoms with Crippen LogP contribution in [0, 0.1) is 11.3 Å². The highest BCUT2D eigenvalue weighted by atomic mass is 32.1. The first-order chi connectivity index (χ1) is 12.5. The molecule has 0 aliphatic carbocycles. The lowest BCUT2D eigenvalue weighted by atomic mass is 9.87. The number of thiophene rings is 1. The monoisotopic (exact) mass is 363 g/mol. The number of carbonyl (C=O) groups is 1. The molecule has 0 saturated carbocycles. The van der Waals surface area contributed by atoms with Crippen LogP contribution in [0.4, 0.5) is 5.69 Å². The quantitative estimate of drug-likeness (QED) is 0.752. The molecule has 1 aromatic carbocycles. The maximum absolute atomic E-state index is 12.1. The van der Waals surface area contributed by atoms with E-state index in [1.165, 1.54) is 0 Å². The summed E-state index contributed by atoms with van der Waals surface area (Å²) in [5.41, 5.74) is 4.44. The van der Waals surface area contributed by atoms with Gasteiger partial charge < -0.3 is 14.6 Å². The Bertz CT molecular complexity index is 1030. The third-order valence-corrected chi connectivity index (χ3v) is 5.59. The van der Waals surface area contributed by atoms with Crippen LogP contribution in [0.15, 0.2) is 47.2 Å². The molecule has 5 nitrogen and oxygen atoms in total. The molecule has 1 aliphatic heterocycles. The van der Waals surface area contributed by atoms with Crippen LogP contribution in [-0.2, 0) is 22.2 Å². The van der Waals surface area contributed by atoms with Crippen molar-refractivity contribution in [2.45, 2.75) is 12.5 Å². The molecular formula is C20H17N3O2S. The number of nitriles is 1. The van der Waals surface area contributed by atoms with Crippen molar-refractivity contribution in [2.75, 3.05) is 11.9 Å². The van der Waals surface area contributed by atoms with E-state index in [4.69, 9.17) is 4.74 Å². The third kappa shape index (κ3) is 2.53. The molecule has 0 saturated heterocycles. The van der Waals surface area contributed by atoms with Crippen LogP contribution in [0.5, 0.6) is 0 Å². The van der Waals surface area contributed by atoms with Crippen molar-refractivity contribution in [3.8, 4) is 17.3 Å². The fourth-order valence-corrected chi connectivity index (χ4v) is 4.12. The second kappa shape index (κ2) is 6.13. The summed E-state index contributed by atoms with van der Waals surface area (Å²) in [5.74, 6) is -0.163. The number of anilines is 1. The standard InChI is InChI=1S/C20H17N3O2S/c1-20(14-7-8-26-12-14)16-9-13(18-6-4-15(10-21)23(18)2)3-5-17(16)22-19(24)11-25-20/h3-9,12H,11H2,1-2H3,(H,22,24). The maximum atomic E-state index is 12.1. The van der Waals surface area contributed by atoms with Gasteiger partial charge in [0.05, 0.1) is 0 Å². The van der Waals surface area contributed by atoms with E-state index in [-0.39, 0.29) is 12.5 Å². The molecule has 3 aromatic rings. The minimum Gasteiger partial charge on any atom is -0.356 e. The smallest absolute Gasteiger partial charge is 0.250 e. The maximum Gasteiger partial charge on any atom is 0.250 e. The van der Waals surface area contributed by atoms with Crippen LogP contribution in [0.2, 0.25) is 0 Å². The summed E-state index contributed by atoms with van der Waals surface area (Å²) < 4.78 is 7.92. The molecule has 26 heavy (non-hydrogen) atoms. The molecule has 3 heterocycles. The van der Waals surface area contributed by atoms with Crippen LogP contribution in [0.25, 0.3) is 11.3 Å². The van der Waals surface area contributed by atoms with Crippen LogP contribution in [-0.4, -0.2) is 17.1 Å². The van der Waals surface area contributed by atoms with Gasteiger partial charge >= 0.3 is 0 Å². The van der Waals surface area contributed by atoms with Gasteiger partial charge in [-0.3, -0.25) is 4.79 Å². The summed E-state index contributed by atoms with van der Waals surface area (Å²) in [7, 11) is 1.87. The van der Waals surface area contributed by atoms with Crippen molar-refractivity contribution in [3.63, 3.8) is 0 Å². The van der Waals surface area contributed by atoms with Crippen molar-refractivity contribution in [3.05, 3.63) is 64.0 Å². The molecule has 6 heteroatoms. The van der Waals surface area contributed by atoms with Gasteiger partial charge in [-0.1, -0.05) is 6.07 Å². The number of carbonyl (C=O) groups excluding carboxylic acids is 1. The van der Waals surface area contributed by atoms with Gasteiger partial charge in [-0.25, -0.2) is 0 Å². The zero-order valence-corrected chi connectivity index (χ0v) is 15.3. The number of hydrogen-bond acceptors (Lipinski definition) is 4. The highest BCUT2D eigenvalue weighted by molar-refractivity contribution is 7.08. The lowest BCUT2D eigenvalue weighted by Gasteiger charge is -2.29. The molecule has 1 aliphatic rings. The highest BCUT2D eigenvalue weighted by Gasteiger charge is 2.36. The van der Waals surface area contributed by atoms with E-state index in [0.29, 0.717) is 5.69 Å². The SMILES string of the molecule is Cn1c(C#N)ccc1-c1ccc2c(c1)C(C)(c1ccsc1)OCC(=O)N2. The Kier molecular flexibility index (Phi) is 3.91. The van der Waals surface area contributed by atoms with Crippen molar-refractivity contribution in [2.24, 2.45) is 7.05 Å². The first-order valence-electron chi connectivity index (χ1n) is 8.20. The van der Waals surface area contributed by atoms with Gasteiger partial charge in [-0.05, 0) is 59.1 Å². The Labute approximate surface area is 155 Å². The van der Waals surface area contributed by atoms with Crippen molar-refractivity contribution >= 4 is 22.9 Å². The number of nitrogens with one attached hydrogen (secondary N) is 1. The summed E-state index contributed by atoms with van der Waals surface area (Å²) in [6.45, 7) is 1.99. The molecule has 1 amide bonds. The van der Waals surface area contributed by atoms with Crippen LogP contribution < -0.4 is 5.32 Å². The van der Waals surface area contributed by atoms with E-state index in [2.05, 4.69) is 11.4 Å². The molecule has 0 spiro atoms. The largest absolute Gasteiger partial charge is 0.356 e. The Hall–Kier alpha value is -2.88. The number of amides is 1. The summed E-state index contributed by atoms with van der Waals surface area (Å²) >= 11 is 1.60. The zero-order chi connectivity index (χ0) is 18.3. The van der Waals surface area contributed by atoms with Crippen molar-refractivity contribution < 1.29 is 9.53 Å². The van der Waals surface area contributed by atoms with Gasteiger partial charge in [-0.15, -0.1) is 0 Å². The van der Waals surface area contributed by atoms with E-state index in [9.17, 15) is 10.1 Å². The molecule has 130 valence electrons. The third-order valence-electron chi connectivity index (χ3n) is 4.90. The number of benzene rings is 1. The molecule has 1 atom stereocenters. The van der Waals surface area contributed by atoms with Gasteiger partial charge in [0, 0.05) is 24.0 Å². The normalized spacial score (nSPS) is 19.3. The van der Waals surface area contributed by atoms with E-state index in [1.807, 2.05) is 59.6 Å². The fraction of sp³-hybridized carbons (Fsp3) is 0.200.